The first-order chi connectivity index (χ1) is 20.5. The van der Waals surface area contributed by atoms with E-state index in [0.717, 1.165) is 22.7 Å². The fourth-order valence-corrected chi connectivity index (χ4v) is 6.44. The minimum Gasteiger partial charge on any atom is -0.492 e. The largest absolute Gasteiger partial charge is 0.492 e. The number of hydrogen-bond donors (Lipinski definition) is 1. The average Bonchev–Trinajstić information content (AvgIpc) is 2.97. The van der Waals surface area contributed by atoms with Gasteiger partial charge in [-0.1, -0.05) is 79.4 Å². The summed E-state index contributed by atoms with van der Waals surface area (Å²) in [5.41, 5.74) is 1.67. The molecule has 0 fully saturated rings. The Morgan fingerprint density at radius 1 is 0.977 bits per heavy atom. The van der Waals surface area contributed by atoms with Crippen LogP contribution < -0.4 is 14.4 Å². The Labute approximate surface area is 265 Å². The standard InChI is InChI=1S/C32H39Cl2N3O5S/c1-5-8-19-35-32(39)28(6-2)36(21-24-15-16-25(33)20-27(24)34)31(38)22-37(29-11-9-10-12-30(29)42-7-3)43(40,41)26-17-13-23(4)14-18-26/h9-18,20,28H,5-8,19,21-22H2,1-4H3,(H,35,39)/t28-/m1/s1. The molecule has 232 valence electrons. The van der Waals surface area contributed by atoms with Crippen molar-refractivity contribution in [1.82, 2.24) is 10.2 Å². The first-order valence-electron chi connectivity index (χ1n) is 14.4. The van der Waals surface area contributed by atoms with Crippen molar-refractivity contribution >= 4 is 50.7 Å². The van der Waals surface area contributed by atoms with Crippen LogP contribution in [-0.4, -0.2) is 50.9 Å². The fraction of sp³-hybridized carbons (Fsp3) is 0.375. The van der Waals surface area contributed by atoms with Gasteiger partial charge in [-0.15, -0.1) is 0 Å². The van der Waals surface area contributed by atoms with Gasteiger partial charge in [0.1, 0.15) is 18.3 Å². The maximum absolute atomic E-state index is 14.3. The first kappa shape index (κ1) is 34.2. The molecule has 11 heteroatoms. The number of unbranched alkanes of at least 4 members (excludes halogenated alkanes) is 1. The molecule has 0 aromatic heterocycles. The summed E-state index contributed by atoms with van der Waals surface area (Å²) in [6.07, 6.45) is 1.98. The molecular formula is C32H39Cl2N3O5S. The summed E-state index contributed by atoms with van der Waals surface area (Å²) < 4.78 is 35.1. The van der Waals surface area contributed by atoms with Crippen molar-refractivity contribution in [2.75, 3.05) is 24.0 Å². The third-order valence-corrected chi connectivity index (χ3v) is 9.25. The zero-order valence-corrected chi connectivity index (χ0v) is 27.3. The molecule has 3 aromatic carbocycles. The van der Waals surface area contributed by atoms with Gasteiger partial charge in [0.05, 0.1) is 17.2 Å². The lowest BCUT2D eigenvalue weighted by Crippen LogP contribution is -2.52. The number of nitrogens with one attached hydrogen (secondary N) is 1. The second kappa shape index (κ2) is 16.0. The zero-order valence-electron chi connectivity index (χ0n) is 25.0. The van der Waals surface area contributed by atoms with Crippen molar-refractivity contribution in [3.05, 3.63) is 87.9 Å². The Balaban J connectivity index is 2.11. The van der Waals surface area contributed by atoms with Crippen LogP contribution in [0.1, 0.15) is 51.2 Å². The molecular weight excluding hydrogens is 609 g/mol. The van der Waals surface area contributed by atoms with Crippen molar-refractivity contribution < 1.29 is 22.7 Å². The molecule has 1 atom stereocenters. The monoisotopic (exact) mass is 647 g/mol. The van der Waals surface area contributed by atoms with Gasteiger partial charge < -0.3 is 15.0 Å². The lowest BCUT2D eigenvalue weighted by molar-refractivity contribution is -0.140. The Kier molecular flexibility index (Phi) is 12.7. The maximum Gasteiger partial charge on any atom is 0.264 e. The molecule has 0 saturated carbocycles. The number of aryl methyl sites for hydroxylation is 1. The molecule has 3 rings (SSSR count). The quantitative estimate of drug-likeness (QED) is 0.187. The number of hydrogen-bond acceptors (Lipinski definition) is 5. The molecule has 1 N–H and O–H groups in total. The molecule has 0 aliphatic rings. The molecule has 0 aliphatic heterocycles. The number of nitrogens with zero attached hydrogens (tertiary/aromatic N) is 2. The molecule has 0 heterocycles. The van der Waals surface area contributed by atoms with E-state index in [2.05, 4.69) is 5.32 Å². The third kappa shape index (κ3) is 8.87. The van der Waals surface area contributed by atoms with Crippen LogP contribution in [0.2, 0.25) is 10.0 Å². The molecule has 3 aromatic rings. The van der Waals surface area contributed by atoms with E-state index in [1.165, 1.54) is 17.0 Å². The maximum atomic E-state index is 14.3. The van der Waals surface area contributed by atoms with Gasteiger partial charge in [-0.25, -0.2) is 8.42 Å². The fourth-order valence-electron chi connectivity index (χ4n) is 4.55. The number of carbonyl (C=O) groups excluding carboxylic acids is 2. The van der Waals surface area contributed by atoms with Gasteiger partial charge in [0.2, 0.25) is 11.8 Å². The number of rotatable bonds is 15. The van der Waals surface area contributed by atoms with E-state index in [4.69, 9.17) is 27.9 Å². The van der Waals surface area contributed by atoms with Crippen molar-refractivity contribution in [3.63, 3.8) is 0 Å². The van der Waals surface area contributed by atoms with Crippen LogP contribution in [0.4, 0.5) is 5.69 Å². The number of carbonyl (C=O) groups is 2. The highest BCUT2D eigenvalue weighted by atomic mass is 35.5. The van der Waals surface area contributed by atoms with Crippen LogP contribution in [0.15, 0.2) is 71.6 Å². The van der Waals surface area contributed by atoms with Gasteiger partial charge in [-0.3, -0.25) is 13.9 Å². The lowest BCUT2D eigenvalue weighted by Gasteiger charge is -2.33. The Bertz CT molecular complexity index is 1500. The number of anilines is 1. The zero-order chi connectivity index (χ0) is 31.6. The predicted molar refractivity (Wildman–Crippen MR) is 172 cm³/mol. The van der Waals surface area contributed by atoms with E-state index in [1.54, 1.807) is 68.4 Å². The number of amides is 2. The van der Waals surface area contributed by atoms with Gasteiger partial charge in [0, 0.05) is 23.1 Å². The molecule has 8 nitrogen and oxygen atoms in total. The van der Waals surface area contributed by atoms with E-state index >= 15 is 0 Å². The predicted octanol–water partition coefficient (Wildman–Crippen LogP) is 6.62. The summed E-state index contributed by atoms with van der Waals surface area (Å²) in [7, 11) is -4.24. The van der Waals surface area contributed by atoms with Gasteiger partial charge in [-0.05, 0) is 68.7 Å². The van der Waals surface area contributed by atoms with Crippen LogP contribution in [0, 0.1) is 6.92 Å². The molecule has 0 saturated heterocycles. The smallest absolute Gasteiger partial charge is 0.264 e. The summed E-state index contributed by atoms with van der Waals surface area (Å²) in [5, 5.41) is 3.67. The van der Waals surface area contributed by atoms with E-state index < -0.39 is 28.5 Å². The van der Waals surface area contributed by atoms with Crippen LogP contribution >= 0.6 is 23.2 Å². The topological polar surface area (TPSA) is 96.0 Å². The summed E-state index contributed by atoms with van der Waals surface area (Å²) >= 11 is 12.6. The lowest BCUT2D eigenvalue weighted by atomic mass is 10.1. The molecule has 2 amide bonds. The number of ether oxygens (including phenoxy) is 1. The van der Waals surface area contributed by atoms with Crippen molar-refractivity contribution in [2.45, 2.75) is 64.4 Å². The van der Waals surface area contributed by atoms with Gasteiger partial charge in [0.25, 0.3) is 10.0 Å². The molecule has 0 unspecified atom stereocenters. The highest BCUT2D eigenvalue weighted by Gasteiger charge is 2.35. The Morgan fingerprint density at radius 3 is 2.30 bits per heavy atom. The Hall–Kier alpha value is -3.27. The van der Waals surface area contributed by atoms with Gasteiger partial charge >= 0.3 is 0 Å². The molecule has 0 radical (unpaired) electrons. The summed E-state index contributed by atoms with van der Waals surface area (Å²) in [6, 6.07) is 17.1. The average molecular weight is 649 g/mol. The van der Waals surface area contributed by atoms with Crippen molar-refractivity contribution in [1.29, 1.82) is 0 Å². The number of benzene rings is 3. The summed E-state index contributed by atoms with van der Waals surface area (Å²) in [4.78, 5) is 29.0. The van der Waals surface area contributed by atoms with Crippen LogP contribution in [0.5, 0.6) is 5.75 Å². The molecule has 0 spiro atoms. The summed E-state index contributed by atoms with van der Waals surface area (Å²) in [5.74, 6) is -0.590. The van der Waals surface area contributed by atoms with Gasteiger partial charge in [-0.2, -0.15) is 0 Å². The minimum atomic E-state index is -4.24. The van der Waals surface area contributed by atoms with Gasteiger partial charge in [0.15, 0.2) is 0 Å². The Morgan fingerprint density at radius 2 is 1.67 bits per heavy atom. The van der Waals surface area contributed by atoms with Crippen LogP contribution in [-0.2, 0) is 26.2 Å². The van der Waals surface area contributed by atoms with E-state index in [-0.39, 0.29) is 23.0 Å². The van der Waals surface area contributed by atoms with Crippen LogP contribution in [0.3, 0.4) is 0 Å². The normalized spacial score (nSPS) is 12.0. The minimum absolute atomic E-state index is 0.0221. The van der Waals surface area contributed by atoms with E-state index in [1.807, 2.05) is 13.8 Å². The van der Waals surface area contributed by atoms with Crippen molar-refractivity contribution in [2.24, 2.45) is 0 Å². The highest BCUT2D eigenvalue weighted by Crippen LogP contribution is 2.33. The van der Waals surface area contributed by atoms with Crippen molar-refractivity contribution in [3.8, 4) is 5.75 Å². The second-order valence-corrected chi connectivity index (χ2v) is 12.8. The highest BCUT2D eigenvalue weighted by molar-refractivity contribution is 7.92. The third-order valence-electron chi connectivity index (χ3n) is 6.89. The van der Waals surface area contributed by atoms with E-state index in [0.29, 0.717) is 40.9 Å². The first-order valence-corrected chi connectivity index (χ1v) is 16.5. The number of halogens is 2. The molecule has 0 bridgehead atoms. The second-order valence-electron chi connectivity index (χ2n) is 10.1. The van der Waals surface area contributed by atoms with Crippen LogP contribution in [0.25, 0.3) is 0 Å². The molecule has 43 heavy (non-hydrogen) atoms. The van der Waals surface area contributed by atoms with E-state index in [9.17, 15) is 18.0 Å². The summed E-state index contributed by atoms with van der Waals surface area (Å²) in [6.45, 7) is 7.62. The number of sulfonamides is 1. The SMILES string of the molecule is CCCCNC(=O)[C@@H](CC)N(Cc1ccc(Cl)cc1Cl)C(=O)CN(c1ccccc1OCC)S(=O)(=O)c1ccc(C)cc1. The molecule has 0 aliphatic carbocycles. The number of para-hydroxylation sites is 2.